The Kier molecular flexibility index (Phi) is 5.07. The summed E-state index contributed by atoms with van der Waals surface area (Å²) >= 11 is 0. The molecule has 0 bridgehead atoms. The maximum Gasteiger partial charge on any atom is 0.339 e. The van der Waals surface area contributed by atoms with Crippen molar-refractivity contribution in [3.05, 3.63) is 71.7 Å². The number of methoxy groups -OCH3 is 1. The highest BCUT2D eigenvalue weighted by molar-refractivity contribution is 5.96. The van der Waals surface area contributed by atoms with E-state index in [0.717, 1.165) is 0 Å². The molecule has 0 saturated carbocycles. The molecule has 1 aromatic heterocycles. The van der Waals surface area contributed by atoms with E-state index in [2.05, 4.69) is 20.6 Å². The van der Waals surface area contributed by atoms with Gasteiger partial charge in [-0.05, 0) is 31.2 Å². The van der Waals surface area contributed by atoms with Crippen LogP contribution in [0.4, 0.5) is 27.5 Å². The van der Waals surface area contributed by atoms with Gasteiger partial charge >= 0.3 is 5.97 Å². The Balaban J connectivity index is 1.90. The minimum Gasteiger partial charge on any atom is -0.465 e. The normalized spacial score (nSPS) is 10.3. The lowest BCUT2D eigenvalue weighted by Gasteiger charge is -2.12. The van der Waals surface area contributed by atoms with Crippen molar-refractivity contribution < 1.29 is 13.9 Å². The number of anilines is 4. The predicted molar refractivity (Wildman–Crippen MR) is 97.5 cm³/mol. The van der Waals surface area contributed by atoms with Gasteiger partial charge in [0.2, 0.25) is 5.95 Å². The van der Waals surface area contributed by atoms with E-state index in [1.165, 1.54) is 13.2 Å². The fraction of sp³-hybridized carbons (Fsp3) is 0.105. The maximum atomic E-state index is 13.8. The van der Waals surface area contributed by atoms with Crippen LogP contribution in [0.15, 0.2) is 54.6 Å². The van der Waals surface area contributed by atoms with Gasteiger partial charge in [0.25, 0.3) is 0 Å². The number of nitrogens with zero attached hydrogens (tertiary/aromatic N) is 2. The summed E-state index contributed by atoms with van der Waals surface area (Å²) < 4.78 is 18.6. The summed E-state index contributed by atoms with van der Waals surface area (Å²) in [5.41, 5.74) is 1.89. The molecule has 0 fully saturated rings. The van der Waals surface area contributed by atoms with Crippen LogP contribution < -0.4 is 10.6 Å². The average Bonchev–Trinajstić information content (AvgIpc) is 2.63. The lowest BCUT2D eigenvalue weighted by atomic mass is 10.2. The second kappa shape index (κ2) is 7.60. The Hall–Kier alpha value is -3.48. The van der Waals surface area contributed by atoms with Gasteiger partial charge in [0, 0.05) is 11.8 Å². The van der Waals surface area contributed by atoms with Crippen LogP contribution >= 0.6 is 0 Å². The van der Waals surface area contributed by atoms with Crippen molar-refractivity contribution in [3.8, 4) is 0 Å². The molecule has 7 heteroatoms. The zero-order chi connectivity index (χ0) is 18.5. The first-order valence-electron chi connectivity index (χ1n) is 7.88. The molecule has 3 aromatic rings. The molecule has 0 saturated heterocycles. The highest BCUT2D eigenvalue weighted by Gasteiger charge is 2.12. The molecule has 1 heterocycles. The highest BCUT2D eigenvalue weighted by Crippen LogP contribution is 2.23. The third-order valence-electron chi connectivity index (χ3n) is 3.57. The SMILES string of the molecule is COC(=O)c1ccccc1Nc1cc(C)nc(Nc2ccccc2F)n1. The second-order valence-electron chi connectivity index (χ2n) is 5.49. The molecule has 3 rings (SSSR count). The van der Waals surface area contributed by atoms with Gasteiger partial charge in [-0.25, -0.2) is 14.2 Å². The summed E-state index contributed by atoms with van der Waals surface area (Å²) in [6.07, 6.45) is 0. The monoisotopic (exact) mass is 352 g/mol. The molecular weight excluding hydrogens is 335 g/mol. The van der Waals surface area contributed by atoms with E-state index < -0.39 is 11.8 Å². The fourth-order valence-electron chi connectivity index (χ4n) is 2.39. The first kappa shape index (κ1) is 17.3. The van der Waals surface area contributed by atoms with E-state index in [1.54, 1.807) is 55.5 Å². The van der Waals surface area contributed by atoms with Crippen molar-refractivity contribution in [3.63, 3.8) is 0 Å². The quantitative estimate of drug-likeness (QED) is 0.670. The number of hydrogen-bond donors (Lipinski definition) is 2. The molecule has 0 aliphatic carbocycles. The minimum absolute atomic E-state index is 0.244. The Bertz CT molecular complexity index is 946. The Labute approximate surface area is 150 Å². The first-order valence-corrected chi connectivity index (χ1v) is 7.88. The van der Waals surface area contributed by atoms with Gasteiger partial charge in [-0.1, -0.05) is 24.3 Å². The average molecular weight is 352 g/mol. The van der Waals surface area contributed by atoms with Crippen LogP contribution in [0.2, 0.25) is 0 Å². The number of nitrogens with one attached hydrogen (secondary N) is 2. The smallest absolute Gasteiger partial charge is 0.339 e. The van der Waals surface area contributed by atoms with Crippen molar-refractivity contribution in [2.24, 2.45) is 0 Å². The molecule has 0 atom stereocenters. The number of esters is 1. The van der Waals surface area contributed by atoms with E-state index in [4.69, 9.17) is 4.74 Å². The minimum atomic E-state index is -0.455. The predicted octanol–water partition coefficient (Wildman–Crippen LogP) is 4.20. The van der Waals surface area contributed by atoms with Crippen molar-refractivity contribution >= 4 is 29.1 Å². The maximum absolute atomic E-state index is 13.8. The number of aryl methyl sites for hydroxylation is 1. The largest absolute Gasteiger partial charge is 0.465 e. The summed E-state index contributed by atoms with van der Waals surface area (Å²) in [4.78, 5) is 20.5. The summed E-state index contributed by atoms with van der Waals surface area (Å²) in [7, 11) is 1.32. The number of halogens is 1. The van der Waals surface area contributed by atoms with Crippen molar-refractivity contribution in [2.75, 3.05) is 17.7 Å². The number of ether oxygens (including phenoxy) is 1. The zero-order valence-electron chi connectivity index (χ0n) is 14.3. The van der Waals surface area contributed by atoms with E-state index >= 15 is 0 Å². The zero-order valence-corrected chi connectivity index (χ0v) is 14.3. The molecule has 6 nitrogen and oxygen atoms in total. The van der Waals surface area contributed by atoms with Gasteiger partial charge in [0.1, 0.15) is 11.6 Å². The Morgan fingerprint density at radius 2 is 1.69 bits per heavy atom. The molecule has 2 N–H and O–H groups in total. The molecule has 26 heavy (non-hydrogen) atoms. The first-order chi connectivity index (χ1) is 12.6. The molecule has 0 spiro atoms. The van der Waals surface area contributed by atoms with Gasteiger partial charge in [-0.3, -0.25) is 0 Å². The van der Waals surface area contributed by atoms with Crippen LogP contribution in [0.3, 0.4) is 0 Å². The highest BCUT2D eigenvalue weighted by atomic mass is 19.1. The standard InChI is InChI=1S/C19H17FN4O2/c1-12-11-17(22-15-9-5-3-7-13(15)18(25)26-2)24-19(21-12)23-16-10-6-4-8-14(16)20/h3-11H,1-2H3,(H2,21,22,23,24). The van der Waals surface area contributed by atoms with Crippen LogP contribution in [-0.2, 0) is 4.74 Å². The van der Waals surface area contributed by atoms with Gasteiger partial charge < -0.3 is 15.4 Å². The van der Waals surface area contributed by atoms with Gasteiger partial charge in [0.05, 0.1) is 24.0 Å². The Morgan fingerprint density at radius 3 is 2.42 bits per heavy atom. The van der Waals surface area contributed by atoms with Crippen LogP contribution in [0.5, 0.6) is 0 Å². The van der Waals surface area contributed by atoms with E-state index in [1.807, 2.05) is 0 Å². The lowest BCUT2D eigenvalue weighted by Crippen LogP contribution is -2.07. The Morgan fingerprint density at radius 1 is 1.00 bits per heavy atom. The number of rotatable bonds is 5. The van der Waals surface area contributed by atoms with Crippen LogP contribution in [0, 0.1) is 12.7 Å². The van der Waals surface area contributed by atoms with Crippen molar-refractivity contribution in [2.45, 2.75) is 6.92 Å². The molecule has 0 unspecified atom stereocenters. The van der Waals surface area contributed by atoms with E-state index in [-0.39, 0.29) is 11.6 Å². The molecule has 0 amide bonds. The van der Waals surface area contributed by atoms with E-state index in [9.17, 15) is 9.18 Å². The van der Waals surface area contributed by atoms with Gasteiger partial charge in [0.15, 0.2) is 0 Å². The summed E-state index contributed by atoms with van der Waals surface area (Å²) in [5, 5.41) is 5.94. The molecule has 2 aromatic carbocycles. The topological polar surface area (TPSA) is 76.1 Å². The molecule has 0 aliphatic heterocycles. The van der Waals surface area contributed by atoms with Crippen LogP contribution in [-0.4, -0.2) is 23.0 Å². The lowest BCUT2D eigenvalue weighted by molar-refractivity contribution is 0.0602. The third kappa shape index (κ3) is 3.94. The second-order valence-corrected chi connectivity index (χ2v) is 5.49. The van der Waals surface area contributed by atoms with Crippen LogP contribution in [0.25, 0.3) is 0 Å². The number of aromatic nitrogens is 2. The van der Waals surface area contributed by atoms with Crippen molar-refractivity contribution in [1.82, 2.24) is 9.97 Å². The summed E-state index contributed by atoms with van der Waals surface area (Å²) in [5.74, 6) is -0.146. The number of carbonyl (C=O) groups is 1. The fourth-order valence-corrected chi connectivity index (χ4v) is 2.39. The number of benzene rings is 2. The van der Waals surface area contributed by atoms with Crippen LogP contribution in [0.1, 0.15) is 16.1 Å². The molecular formula is C19H17FN4O2. The summed E-state index contributed by atoms with van der Waals surface area (Å²) in [6.45, 7) is 1.80. The van der Waals surface area contributed by atoms with E-state index in [0.29, 0.717) is 22.8 Å². The molecule has 0 aliphatic rings. The molecule has 132 valence electrons. The molecule has 0 radical (unpaired) electrons. The number of para-hydroxylation sites is 2. The van der Waals surface area contributed by atoms with Gasteiger partial charge in [-0.2, -0.15) is 4.98 Å². The summed E-state index contributed by atoms with van der Waals surface area (Å²) in [6, 6.07) is 14.9. The third-order valence-corrected chi connectivity index (χ3v) is 3.57. The number of carbonyl (C=O) groups excluding carboxylic acids is 1. The van der Waals surface area contributed by atoms with Crippen molar-refractivity contribution in [1.29, 1.82) is 0 Å². The number of hydrogen-bond acceptors (Lipinski definition) is 6. The van der Waals surface area contributed by atoms with Gasteiger partial charge in [-0.15, -0.1) is 0 Å².